The monoisotopic (exact) mass is 422 g/mol. The van der Waals surface area contributed by atoms with Crippen molar-refractivity contribution in [1.82, 2.24) is 0 Å². The Morgan fingerprint density at radius 1 is 0.630 bits per heavy atom. The summed E-state index contributed by atoms with van der Waals surface area (Å²) in [5.74, 6) is 1.67. The third-order valence-electron chi connectivity index (χ3n) is 3.32. The summed E-state index contributed by atoms with van der Waals surface area (Å²) >= 11 is 0. The number of para-hydroxylation sites is 4. The maximum atomic E-state index is 7.50. The zero-order valence-corrected chi connectivity index (χ0v) is 15.9. The first-order valence-electron chi connectivity index (χ1n) is 7.45. The third kappa shape index (κ3) is 5.77. The van der Waals surface area contributed by atoms with Crippen molar-refractivity contribution in [3.05, 3.63) is 93.9 Å². The van der Waals surface area contributed by atoms with Gasteiger partial charge < -0.3 is 0 Å². The average molecular weight is 422 g/mol. The molecule has 0 bridgehead atoms. The first-order chi connectivity index (χ1) is 12.8. The second-order valence-electron chi connectivity index (χ2n) is 4.91. The van der Waals surface area contributed by atoms with Crippen LogP contribution in [0.25, 0.3) is 0 Å². The van der Waals surface area contributed by atoms with Gasteiger partial charge in [0.25, 0.3) is 0 Å². The van der Waals surface area contributed by atoms with Gasteiger partial charge in [0.2, 0.25) is 11.5 Å². The number of hydrogen-bond donors (Lipinski definition) is 2. The van der Waals surface area contributed by atoms with Gasteiger partial charge in [-0.2, -0.15) is 10.2 Å². The van der Waals surface area contributed by atoms with Gasteiger partial charge in [0.05, 0.1) is 0 Å². The van der Waals surface area contributed by atoms with Gasteiger partial charge in [0.1, 0.15) is 11.4 Å². The molecule has 8 heteroatoms. The molecule has 0 unspecified atom stereocenters. The van der Waals surface area contributed by atoms with E-state index >= 15 is 0 Å². The maximum Gasteiger partial charge on any atom is 0.572 e. The summed E-state index contributed by atoms with van der Waals surface area (Å²) in [6.07, 6.45) is 10.0. The Hall–Kier alpha value is -1.93. The standard InChI is InChI=1S/C12H10N2O2P.C5H5.2CO.Fe/c1-3-7-11-9(5-1)13-17(15-11)14-10-6-2-4-8-12(10)16-17;1-2-4-5-3-1;2*1-2;/h1-8,13-14H;1-5H;;;/q+1;;;;. The molecular weight excluding hydrogens is 407 g/mol. The number of fused-ring (bicyclic) bond motifs is 2. The molecule has 6 nitrogen and oxygen atoms in total. The molecule has 1 aliphatic carbocycles. The van der Waals surface area contributed by atoms with Crippen molar-refractivity contribution < 1.29 is 35.4 Å². The summed E-state index contributed by atoms with van der Waals surface area (Å²) in [6, 6.07) is 15.7. The van der Waals surface area contributed by atoms with Gasteiger partial charge in [0, 0.05) is 17.1 Å². The Morgan fingerprint density at radius 2 is 0.963 bits per heavy atom. The molecule has 1 spiro atoms. The van der Waals surface area contributed by atoms with E-state index in [-0.39, 0.29) is 17.1 Å². The van der Waals surface area contributed by atoms with E-state index < -0.39 is 8.02 Å². The Morgan fingerprint density at radius 3 is 1.30 bits per heavy atom. The summed E-state index contributed by atoms with van der Waals surface area (Å²) in [5.41, 5.74) is 1.95. The largest absolute Gasteiger partial charge is 0.572 e. The molecule has 2 N–H and O–H groups in total. The average Bonchev–Trinajstić information content (AvgIpc) is 3.44. The van der Waals surface area contributed by atoms with Crippen molar-refractivity contribution in [3.63, 3.8) is 0 Å². The number of hydrogen-bond acceptors (Lipinski definition) is 4. The molecule has 3 aliphatic rings. The molecule has 27 heavy (non-hydrogen) atoms. The van der Waals surface area contributed by atoms with Gasteiger partial charge in [-0.05, 0) is 56.4 Å². The Labute approximate surface area is 170 Å². The Balaban J connectivity index is 0.000000311. The minimum atomic E-state index is -2.26. The number of benzene rings is 2. The molecule has 1 saturated carbocycles. The van der Waals surface area contributed by atoms with Crippen LogP contribution >= 0.6 is 8.02 Å². The number of rotatable bonds is 0. The molecule has 5 rings (SSSR count). The van der Waals surface area contributed by atoms with Crippen molar-refractivity contribution in [2.24, 2.45) is 0 Å². The van der Waals surface area contributed by atoms with Crippen molar-refractivity contribution >= 4 is 19.4 Å². The second kappa shape index (κ2) is 11.7. The maximum absolute atomic E-state index is 7.50. The molecule has 0 aromatic heterocycles. The predicted molar refractivity (Wildman–Crippen MR) is 97.7 cm³/mol. The van der Waals surface area contributed by atoms with Crippen molar-refractivity contribution in [2.45, 2.75) is 0 Å². The summed E-state index contributed by atoms with van der Waals surface area (Å²) in [6.45, 7) is 9.00. The van der Waals surface area contributed by atoms with Crippen LogP contribution in [0.4, 0.5) is 11.4 Å². The predicted octanol–water partition coefficient (Wildman–Crippen LogP) is 4.62. The van der Waals surface area contributed by atoms with Crippen molar-refractivity contribution in [1.29, 1.82) is 0 Å². The molecule has 2 heterocycles. The second-order valence-corrected chi connectivity index (χ2v) is 6.83. The first-order valence-corrected chi connectivity index (χ1v) is 9.07. The Bertz CT molecular complexity index is 645. The van der Waals surface area contributed by atoms with Crippen LogP contribution in [0.15, 0.2) is 48.5 Å². The van der Waals surface area contributed by atoms with E-state index in [9.17, 15) is 0 Å². The summed E-state index contributed by atoms with van der Waals surface area (Å²) in [7, 11) is -2.26. The third-order valence-corrected chi connectivity index (χ3v) is 5.30. The fourth-order valence-corrected chi connectivity index (χ4v) is 4.48. The molecule has 2 aromatic carbocycles. The zero-order valence-electron chi connectivity index (χ0n) is 13.9. The molecule has 2 aliphatic heterocycles. The smallest absolute Gasteiger partial charge is 0.262 e. The van der Waals surface area contributed by atoms with Crippen LogP contribution in [-0.2, 0) is 26.4 Å². The number of nitrogens with one attached hydrogen (secondary N) is 2. The van der Waals surface area contributed by atoms with Gasteiger partial charge in [-0.3, -0.25) is 9.05 Å². The van der Waals surface area contributed by atoms with Crippen LogP contribution in [0.2, 0.25) is 0 Å². The number of anilines is 2. The SMILES string of the molecule is [C-]#[O+].[C-]#[O+].[CH]1[CH][CH][CH][CH]1.[Fe].c1ccc2c(c1)N[P+]1(Nc3ccccc3O1)O2. The molecular formula is C19H15FeN2O4P+. The molecule has 0 amide bonds. The zero-order chi connectivity index (χ0) is 18.8. The van der Waals surface area contributed by atoms with Crippen LogP contribution in [0, 0.1) is 45.4 Å². The van der Waals surface area contributed by atoms with Crippen LogP contribution in [0.1, 0.15) is 0 Å². The molecule has 2 aromatic rings. The fraction of sp³-hybridized carbons (Fsp3) is 0. The van der Waals surface area contributed by atoms with Crippen molar-refractivity contribution in [2.75, 3.05) is 10.2 Å². The van der Waals surface area contributed by atoms with Crippen LogP contribution < -0.4 is 19.2 Å². The molecule has 1 fully saturated rings. The molecule has 0 saturated heterocycles. The van der Waals surface area contributed by atoms with E-state index in [1.807, 2.05) is 80.6 Å². The molecule has 137 valence electrons. The van der Waals surface area contributed by atoms with Crippen LogP contribution in [0.5, 0.6) is 11.5 Å². The van der Waals surface area contributed by atoms with Crippen LogP contribution in [0.3, 0.4) is 0 Å². The van der Waals surface area contributed by atoms with E-state index in [4.69, 9.17) is 18.4 Å². The fourth-order valence-electron chi connectivity index (χ4n) is 2.33. The summed E-state index contributed by atoms with van der Waals surface area (Å²) in [4.78, 5) is 0. The van der Waals surface area contributed by atoms with Gasteiger partial charge in [-0.25, -0.2) is 0 Å². The van der Waals surface area contributed by atoms with Gasteiger partial charge in [-0.15, -0.1) is 0 Å². The normalized spacial score (nSPS) is 15.6. The van der Waals surface area contributed by atoms with Gasteiger partial charge in [-0.1, -0.05) is 24.3 Å². The topological polar surface area (TPSA) is 82.3 Å². The van der Waals surface area contributed by atoms with E-state index in [0.717, 1.165) is 22.9 Å². The van der Waals surface area contributed by atoms with E-state index in [1.165, 1.54) is 0 Å². The first kappa shape index (κ1) is 23.1. The van der Waals surface area contributed by atoms with E-state index in [0.29, 0.717) is 0 Å². The molecule has 0 atom stereocenters. The molecule has 5 radical (unpaired) electrons. The minimum absolute atomic E-state index is 0. The quantitative estimate of drug-likeness (QED) is 0.281. The van der Waals surface area contributed by atoms with Crippen molar-refractivity contribution in [3.8, 4) is 11.5 Å². The summed E-state index contributed by atoms with van der Waals surface area (Å²) < 4.78 is 26.8. The Kier molecular flexibility index (Phi) is 10.0. The van der Waals surface area contributed by atoms with Gasteiger partial charge in [0.15, 0.2) is 0 Å². The van der Waals surface area contributed by atoms with E-state index in [1.54, 1.807) is 0 Å². The van der Waals surface area contributed by atoms with Gasteiger partial charge >= 0.3 is 30.6 Å². The van der Waals surface area contributed by atoms with E-state index in [2.05, 4.69) is 23.5 Å². The summed E-state index contributed by atoms with van der Waals surface area (Å²) in [5, 5.41) is 6.62. The minimum Gasteiger partial charge on any atom is -0.262 e. The van der Waals surface area contributed by atoms with Crippen LogP contribution in [-0.4, -0.2) is 0 Å².